The van der Waals surface area contributed by atoms with Crippen molar-refractivity contribution in [3.63, 3.8) is 0 Å². The van der Waals surface area contributed by atoms with E-state index in [4.69, 9.17) is 11.6 Å². The maximum atomic E-state index is 12.8. The summed E-state index contributed by atoms with van der Waals surface area (Å²) in [5, 5.41) is 6.91. The van der Waals surface area contributed by atoms with Crippen LogP contribution >= 0.6 is 11.6 Å². The van der Waals surface area contributed by atoms with Gasteiger partial charge in [0.05, 0.1) is 22.9 Å². The highest BCUT2D eigenvalue weighted by atomic mass is 35.5. The summed E-state index contributed by atoms with van der Waals surface area (Å²) in [6.45, 7) is 1.58. The van der Waals surface area contributed by atoms with Gasteiger partial charge in [0.2, 0.25) is 0 Å². The molecule has 0 aliphatic heterocycles. The summed E-state index contributed by atoms with van der Waals surface area (Å²) in [4.78, 5) is 3.93. The van der Waals surface area contributed by atoms with Gasteiger partial charge in [0.25, 0.3) is 0 Å². The van der Waals surface area contributed by atoms with E-state index in [9.17, 15) is 8.78 Å². The number of anilines is 2. The summed E-state index contributed by atoms with van der Waals surface area (Å²) in [6.07, 6.45) is 2.61. The Labute approximate surface area is 127 Å². The Balaban J connectivity index is 2.16. The molecule has 0 radical (unpaired) electrons. The van der Waals surface area contributed by atoms with Crippen LogP contribution in [0.2, 0.25) is 5.02 Å². The van der Waals surface area contributed by atoms with Crippen LogP contribution in [0.1, 0.15) is 26.2 Å². The third-order valence-corrected chi connectivity index (χ3v) is 3.16. The topological polar surface area (TPSA) is 41.9 Å². The maximum absolute atomic E-state index is 12.8. The molecule has 0 aliphatic rings. The molecular weight excluding hydrogens is 298 g/mol. The first kappa shape index (κ1) is 15.6. The average Bonchev–Trinajstić information content (AvgIpc) is 2.87. The molecule has 1 aromatic heterocycles. The van der Waals surface area contributed by atoms with E-state index < -0.39 is 6.55 Å². The number of aromatic nitrogens is 2. The van der Waals surface area contributed by atoms with Crippen LogP contribution in [-0.2, 0) is 6.54 Å². The van der Waals surface area contributed by atoms with Gasteiger partial charge in [-0.15, -0.1) is 0 Å². The Hall–Kier alpha value is -1.82. The van der Waals surface area contributed by atoms with Gasteiger partial charge >= 0.3 is 6.55 Å². The molecule has 1 heterocycles. The van der Waals surface area contributed by atoms with Crippen molar-refractivity contribution in [1.82, 2.24) is 9.55 Å². The van der Waals surface area contributed by atoms with Crippen LogP contribution in [0, 0.1) is 0 Å². The second-order valence-electron chi connectivity index (χ2n) is 4.84. The number of benzene rings is 1. The number of alkyl halides is 2. The van der Waals surface area contributed by atoms with Gasteiger partial charge in [0.15, 0.2) is 0 Å². The van der Waals surface area contributed by atoms with E-state index in [-0.39, 0.29) is 18.4 Å². The SMILES string of the molecule is CC(C)Nc1c(Cl)cccc1NCc1nccn1C(F)F. The molecule has 4 nitrogen and oxygen atoms in total. The van der Waals surface area contributed by atoms with E-state index in [2.05, 4.69) is 15.6 Å². The molecule has 0 aliphatic carbocycles. The Kier molecular flexibility index (Phi) is 5.01. The molecule has 2 aromatic rings. The van der Waals surface area contributed by atoms with Crippen LogP contribution in [0.4, 0.5) is 20.2 Å². The number of imidazole rings is 1. The molecule has 2 N–H and O–H groups in total. The molecule has 0 bridgehead atoms. The summed E-state index contributed by atoms with van der Waals surface area (Å²) < 4.78 is 26.4. The van der Waals surface area contributed by atoms with Crippen LogP contribution < -0.4 is 10.6 Å². The number of para-hydroxylation sites is 1. The quantitative estimate of drug-likeness (QED) is 0.832. The Bertz CT molecular complexity index is 598. The van der Waals surface area contributed by atoms with Crippen molar-refractivity contribution < 1.29 is 8.78 Å². The molecule has 1 aromatic carbocycles. The van der Waals surface area contributed by atoms with Gasteiger partial charge in [-0.25, -0.2) is 4.98 Å². The fraction of sp³-hybridized carbons (Fsp3) is 0.357. The zero-order valence-corrected chi connectivity index (χ0v) is 12.5. The second kappa shape index (κ2) is 6.76. The third kappa shape index (κ3) is 3.85. The fourth-order valence-electron chi connectivity index (χ4n) is 1.94. The number of halogens is 3. The molecule has 0 amide bonds. The molecule has 21 heavy (non-hydrogen) atoms. The summed E-state index contributed by atoms with van der Waals surface area (Å²) >= 11 is 6.17. The summed E-state index contributed by atoms with van der Waals surface area (Å²) in [6, 6.07) is 5.62. The van der Waals surface area contributed by atoms with Crippen LogP contribution in [0.25, 0.3) is 0 Å². The predicted octanol–water partition coefficient (Wildman–Crippen LogP) is 4.36. The van der Waals surface area contributed by atoms with Crippen molar-refractivity contribution in [3.8, 4) is 0 Å². The van der Waals surface area contributed by atoms with E-state index in [0.29, 0.717) is 5.02 Å². The standard InChI is InChI=1S/C14H17ClF2N4/c1-9(2)20-13-10(15)4-3-5-11(13)19-8-12-18-6-7-21(12)14(16)17/h3-7,9,14,19-20H,8H2,1-2H3. The lowest BCUT2D eigenvalue weighted by molar-refractivity contribution is 0.0673. The van der Waals surface area contributed by atoms with Gasteiger partial charge in [-0.2, -0.15) is 8.78 Å². The first-order chi connectivity index (χ1) is 9.99. The minimum absolute atomic E-state index is 0.185. The molecule has 0 spiro atoms. The average molecular weight is 315 g/mol. The summed E-state index contributed by atoms with van der Waals surface area (Å²) in [5.41, 5.74) is 1.50. The molecule has 0 fully saturated rings. The normalized spacial score (nSPS) is 11.2. The Morgan fingerprint density at radius 2 is 2.10 bits per heavy atom. The van der Waals surface area contributed by atoms with Crippen molar-refractivity contribution in [2.75, 3.05) is 10.6 Å². The second-order valence-corrected chi connectivity index (χ2v) is 5.25. The van der Waals surface area contributed by atoms with Crippen molar-refractivity contribution in [1.29, 1.82) is 0 Å². The lowest BCUT2D eigenvalue weighted by Gasteiger charge is -2.17. The van der Waals surface area contributed by atoms with Crippen LogP contribution in [0.15, 0.2) is 30.6 Å². The molecule has 2 rings (SSSR count). The summed E-state index contributed by atoms with van der Waals surface area (Å²) in [7, 11) is 0. The first-order valence-corrected chi connectivity index (χ1v) is 6.95. The van der Waals surface area contributed by atoms with Crippen LogP contribution in [0.5, 0.6) is 0 Å². The molecular formula is C14H17ClF2N4. The van der Waals surface area contributed by atoms with Gasteiger partial charge in [0.1, 0.15) is 5.82 Å². The van der Waals surface area contributed by atoms with E-state index in [0.717, 1.165) is 15.9 Å². The highest BCUT2D eigenvalue weighted by molar-refractivity contribution is 6.34. The molecule has 0 atom stereocenters. The fourth-order valence-corrected chi connectivity index (χ4v) is 2.17. The number of rotatable bonds is 6. The zero-order valence-electron chi connectivity index (χ0n) is 11.8. The van der Waals surface area contributed by atoms with E-state index >= 15 is 0 Å². The van der Waals surface area contributed by atoms with Crippen molar-refractivity contribution in [2.24, 2.45) is 0 Å². The largest absolute Gasteiger partial charge is 0.380 e. The monoisotopic (exact) mass is 314 g/mol. The number of hydrogen-bond donors (Lipinski definition) is 2. The van der Waals surface area contributed by atoms with Gasteiger partial charge in [-0.05, 0) is 26.0 Å². The number of nitrogens with zero attached hydrogens (tertiary/aromatic N) is 2. The Morgan fingerprint density at radius 3 is 2.76 bits per heavy atom. The van der Waals surface area contributed by atoms with Crippen molar-refractivity contribution >= 4 is 23.0 Å². The maximum Gasteiger partial charge on any atom is 0.319 e. The third-order valence-electron chi connectivity index (χ3n) is 2.84. The van der Waals surface area contributed by atoms with Gasteiger partial charge < -0.3 is 10.6 Å². The van der Waals surface area contributed by atoms with Crippen molar-refractivity contribution in [3.05, 3.63) is 41.4 Å². The lowest BCUT2D eigenvalue weighted by atomic mass is 10.2. The minimum atomic E-state index is -2.60. The van der Waals surface area contributed by atoms with Gasteiger partial charge in [-0.3, -0.25) is 4.57 Å². The molecule has 114 valence electrons. The lowest BCUT2D eigenvalue weighted by Crippen LogP contribution is -2.14. The van der Waals surface area contributed by atoms with Gasteiger partial charge in [0, 0.05) is 18.4 Å². The highest BCUT2D eigenvalue weighted by Crippen LogP contribution is 2.31. The molecule has 0 saturated heterocycles. The van der Waals surface area contributed by atoms with E-state index in [1.165, 1.54) is 12.4 Å². The van der Waals surface area contributed by atoms with E-state index in [1.54, 1.807) is 12.1 Å². The Morgan fingerprint density at radius 1 is 1.33 bits per heavy atom. The smallest absolute Gasteiger partial charge is 0.319 e. The van der Waals surface area contributed by atoms with Gasteiger partial charge in [-0.1, -0.05) is 17.7 Å². The molecule has 7 heteroatoms. The molecule has 0 saturated carbocycles. The molecule has 0 unspecified atom stereocenters. The zero-order chi connectivity index (χ0) is 15.4. The summed E-state index contributed by atoms with van der Waals surface area (Å²) in [5.74, 6) is 0.264. The first-order valence-electron chi connectivity index (χ1n) is 6.58. The predicted molar refractivity (Wildman–Crippen MR) is 81.0 cm³/mol. The van der Waals surface area contributed by atoms with Crippen LogP contribution in [-0.4, -0.2) is 15.6 Å². The van der Waals surface area contributed by atoms with Crippen molar-refractivity contribution in [2.45, 2.75) is 33.0 Å². The minimum Gasteiger partial charge on any atom is -0.380 e. The highest BCUT2D eigenvalue weighted by Gasteiger charge is 2.13. The van der Waals surface area contributed by atoms with Crippen LogP contribution in [0.3, 0.4) is 0 Å². The van der Waals surface area contributed by atoms with E-state index in [1.807, 2.05) is 19.9 Å². The number of nitrogens with one attached hydrogen (secondary N) is 2. The number of hydrogen-bond acceptors (Lipinski definition) is 3.